The van der Waals surface area contributed by atoms with Crippen molar-refractivity contribution in [3.05, 3.63) is 30.1 Å². The highest BCUT2D eigenvalue weighted by Crippen LogP contribution is 2.60. The van der Waals surface area contributed by atoms with Crippen LogP contribution in [0.5, 0.6) is 0 Å². The van der Waals surface area contributed by atoms with Crippen LogP contribution in [0.2, 0.25) is 0 Å². The van der Waals surface area contributed by atoms with Gasteiger partial charge in [-0.05, 0) is 81.3 Å². The van der Waals surface area contributed by atoms with Gasteiger partial charge in [-0.25, -0.2) is 4.98 Å². The lowest BCUT2D eigenvalue weighted by atomic mass is 9.49. The third kappa shape index (κ3) is 3.96. The van der Waals surface area contributed by atoms with Crippen LogP contribution in [-0.4, -0.2) is 27.8 Å². The molecule has 4 aliphatic carbocycles. The molecule has 6 rings (SSSR count). The summed E-state index contributed by atoms with van der Waals surface area (Å²) < 4.78 is 0. The first-order chi connectivity index (χ1) is 15.3. The van der Waals surface area contributed by atoms with E-state index in [1.165, 1.54) is 30.6 Å². The lowest BCUT2D eigenvalue weighted by molar-refractivity contribution is -0.148. The molecule has 2 amide bonds. The number of amides is 2. The van der Waals surface area contributed by atoms with Crippen LogP contribution in [0.1, 0.15) is 58.1 Å². The molecule has 1 unspecified atom stereocenters. The van der Waals surface area contributed by atoms with E-state index in [4.69, 9.17) is 0 Å². The number of anilines is 1. The molecular weight excluding hydrogens is 420 g/mol. The van der Waals surface area contributed by atoms with Crippen molar-refractivity contribution < 1.29 is 9.59 Å². The van der Waals surface area contributed by atoms with E-state index < -0.39 is 6.04 Å². The molecule has 7 heteroatoms. The van der Waals surface area contributed by atoms with Gasteiger partial charge in [0, 0.05) is 11.6 Å². The van der Waals surface area contributed by atoms with Crippen LogP contribution in [0.4, 0.5) is 5.13 Å². The number of thiazole rings is 1. The molecule has 2 aromatic heterocycles. The van der Waals surface area contributed by atoms with Gasteiger partial charge in [-0.1, -0.05) is 31.3 Å². The van der Waals surface area contributed by atoms with Crippen molar-refractivity contribution in [1.82, 2.24) is 15.3 Å². The molecule has 0 aromatic carbocycles. The minimum atomic E-state index is -0.571. The number of nitrogens with one attached hydrogen (secondary N) is 2. The molecule has 1 atom stereocenters. The molecule has 0 radical (unpaired) electrons. The predicted molar refractivity (Wildman–Crippen MR) is 126 cm³/mol. The van der Waals surface area contributed by atoms with Crippen LogP contribution < -0.4 is 10.6 Å². The molecule has 2 heterocycles. The summed E-state index contributed by atoms with van der Waals surface area (Å²) in [5.74, 6) is 1.98. The van der Waals surface area contributed by atoms with Crippen LogP contribution >= 0.6 is 11.3 Å². The van der Waals surface area contributed by atoms with E-state index in [1.807, 2.05) is 39.0 Å². The molecule has 6 nitrogen and oxygen atoms in total. The van der Waals surface area contributed by atoms with E-state index in [0.717, 1.165) is 35.5 Å². The second-order valence-corrected chi connectivity index (χ2v) is 11.5. The zero-order chi connectivity index (χ0) is 22.5. The minimum absolute atomic E-state index is 0.0100. The zero-order valence-corrected chi connectivity index (χ0v) is 19.9. The van der Waals surface area contributed by atoms with Crippen molar-refractivity contribution in [2.24, 2.45) is 29.1 Å². The maximum absolute atomic E-state index is 13.5. The molecule has 4 aliphatic rings. The number of rotatable bonds is 6. The van der Waals surface area contributed by atoms with Crippen molar-refractivity contribution in [2.75, 3.05) is 5.32 Å². The van der Waals surface area contributed by atoms with E-state index in [0.29, 0.717) is 22.9 Å². The van der Waals surface area contributed by atoms with Gasteiger partial charge in [0.25, 0.3) is 0 Å². The Kier molecular flexibility index (Phi) is 5.56. The fourth-order valence-corrected chi connectivity index (χ4v) is 7.53. The van der Waals surface area contributed by atoms with E-state index in [2.05, 4.69) is 20.6 Å². The number of aromatic nitrogens is 2. The molecule has 4 bridgehead atoms. The van der Waals surface area contributed by atoms with E-state index >= 15 is 0 Å². The van der Waals surface area contributed by atoms with E-state index in [9.17, 15) is 9.59 Å². The summed E-state index contributed by atoms with van der Waals surface area (Å²) in [6, 6.07) is 5.18. The van der Waals surface area contributed by atoms with Gasteiger partial charge in [-0.15, -0.1) is 0 Å². The summed E-state index contributed by atoms with van der Waals surface area (Å²) in [7, 11) is 0. The van der Waals surface area contributed by atoms with Crippen LogP contribution in [-0.2, 0) is 9.59 Å². The van der Waals surface area contributed by atoms with Crippen molar-refractivity contribution in [3.63, 3.8) is 0 Å². The maximum Gasteiger partial charge on any atom is 0.248 e. The summed E-state index contributed by atoms with van der Waals surface area (Å²) in [5, 5.41) is 6.66. The summed E-state index contributed by atoms with van der Waals surface area (Å²) in [6.45, 7) is 5.89. The molecule has 4 fully saturated rings. The van der Waals surface area contributed by atoms with Crippen molar-refractivity contribution in [2.45, 2.75) is 65.3 Å². The molecular formula is C25H32N4O2S. The van der Waals surface area contributed by atoms with E-state index in [1.54, 1.807) is 6.20 Å². The van der Waals surface area contributed by atoms with Gasteiger partial charge >= 0.3 is 0 Å². The molecule has 0 saturated heterocycles. The molecule has 32 heavy (non-hydrogen) atoms. The Morgan fingerprint density at radius 2 is 1.75 bits per heavy atom. The average molecular weight is 453 g/mol. The Bertz CT molecular complexity index is 981. The number of hydrogen-bond donors (Lipinski definition) is 2. The highest BCUT2D eigenvalue weighted by Gasteiger charge is 2.55. The highest BCUT2D eigenvalue weighted by molar-refractivity contribution is 7.19. The standard InChI is InChI=1S/C25H32N4O2S/c1-14(2)20(28-23(31)25-11-16-8-17(12-25)10-18(9-16)13-25)22(30)29-24-27-15(3)21(32-24)19-6-4-5-7-26-19/h4-7,14,16-18,20H,8-13H2,1-3H3,(H,28,31)(H,27,29,30). The molecule has 0 aliphatic heterocycles. The first-order valence-corrected chi connectivity index (χ1v) is 12.7. The Labute approximate surface area is 193 Å². The first-order valence-electron chi connectivity index (χ1n) is 11.8. The normalized spacial score (nSPS) is 29.2. The van der Waals surface area contributed by atoms with Gasteiger partial charge in [0.2, 0.25) is 11.8 Å². The highest BCUT2D eigenvalue weighted by atomic mass is 32.1. The Morgan fingerprint density at radius 3 is 2.31 bits per heavy atom. The monoisotopic (exact) mass is 452 g/mol. The van der Waals surface area contributed by atoms with Gasteiger partial charge < -0.3 is 10.6 Å². The lowest BCUT2D eigenvalue weighted by Crippen LogP contribution is -2.57. The third-order valence-corrected chi connectivity index (χ3v) is 8.78. The Hall–Kier alpha value is -2.28. The Morgan fingerprint density at radius 1 is 1.09 bits per heavy atom. The van der Waals surface area contributed by atoms with Crippen LogP contribution in [0.25, 0.3) is 10.6 Å². The van der Waals surface area contributed by atoms with Gasteiger partial charge in [-0.2, -0.15) is 0 Å². The number of pyridine rings is 1. The van der Waals surface area contributed by atoms with Gasteiger partial charge in [0.1, 0.15) is 6.04 Å². The third-order valence-electron chi connectivity index (χ3n) is 7.68. The smallest absolute Gasteiger partial charge is 0.248 e. The summed E-state index contributed by atoms with van der Waals surface area (Å²) >= 11 is 1.42. The van der Waals surface area contributed by atoms with E-state index in [-0.39, 0.29) is 23.1 Å². The maximum atomic E-state index is 13.5. The SMILES string of the molecule is Cc1nc(NC(=O)C(NC(=O)C23CC4CC(CC(C4)C2)C3)C(C)C)sc1-c1ccccn1. The topological polar surface area (TPSA) is 84.0 Å². The minimum Gasteiger partial charge on any atom is -0.344 e. The van der Waals surface area contributed by atoms with Crippen molar-refractivity contribution in [1.29, 1.82) is 0 Å². The fourth-order valence-electron chi connectivity index (χ4n) is 6.59. The number of carbonyl (C=O) groups excluding carboxylic acids is 2. The van der Waals surface area contributed by atoms with Gasteiger partial charge in [-0.3, -0.25) is 14.6 Å². The van der Waals surface area contributed by atoms with Gasteiger partial charge in [0.05, 0.1) is 16.3 Å². The predicted octanol–water partition coefficient (Wildman–Crippen LogP) is 4.81. The van der Waals surface area contributed by atoms with Crippen molar-refractivity contribution in [3.8, 4) is 10.6 Å². The van der Waals surface area contributed by atoms with Crippen LogP contribution in [0.15, 0.2) is 24.4 Å². The quantitative estimate of drug-likeness (QED) is 0.659. The van der Waals surface area contributed by atoms with Crippen LogP contribution in [0, 0.1) is 36.0 Å². The number of aryl methyl sites for hydroxylation is 1. The molecule has 2 aromatic rings. The molecule has 2 N–H and O–H groups in total. The van der Waals surface area contributed by atoms with Crippen LogP contribution in [0.3, 0.4) is 0 Å². The number of carbonyl (C=O) groups is 2. The summed E-state index contributed by atoms with van der Waals surface area (Å²) in [5.41, 5.74) is 1.42. The molecule has 170 valence electrons. The average Bonchev–Trinajstić information content (AvgIpc) is 3.11. The lowest BCUT2D eigenvalue weighted by Gasteiger charge is -2.55. The first kappa shape index (κ1) is 21.6. The molecule has 4 saturated carbocycles. The number of nitrogens with zero attached hydrogens (tertiary/aromatic N) is 2. The zero-order valence-electron chi connectivity index (χ0n) is 19.1. The second kappa shape index (κ2) is 8.25. The summed E-state index contributed by atoms with van der Waals surface area (Å²) in [6.07, 6.45) is 8.62. The fraction of sp³-hybridized carbons (Fsp3) is 0.600. The molecule has 0 spiro atoms. The largest absolute Gasteiger partial charge is 0.344 e. The summed E-state index contributed by atoms with van der Waals surface area (Å²) in [4.78, 5) is 36.6. The number of hydrogen-bond acceptors (Lipinski definition) is 5. The second-order valence-electron chi connectivity index (χ2n) is 10.5. The van der Waals surface area contributed by atoms with Gasteiger partial charge in [0.15, 0.2) is 5.13 Å². The van der Waals surface area contributed by atoms with Crippen molar-refractivity contribution >= 4 is 28.3 Å². The Balaban J connectivity index is 1.29.